The van der Waals surface area contributed by atoms with Crippen molar-refractivity contribution in [2.24, 2.45) is 5.92 Å². The lowest BCUT2D eigenvalue weighted by atomic mass is 10.1. The Balaban J connectivity index is 1.67. The lowest BCUT2D eigenvalue weighted by Gasteiger charge is -2.15. The van der Waals surface area contributed by atoms with Crippen LogP contribution in [0.15, 0.2) is 41.0 Å². The van der Waals surface area contributed by atoms with Crippen molar-refractivity contribution in [1.82, 2.24) is 4.90 Å². The Morgan fingerprint density at radius 3 is 2.92 bits per heavy atom. The highest BCUT2D eigenvalue weighted by atomic mass is 16.6. The van der Waals surface area contributed by atoms with E-state index in [1.165, 1.54) is 18.4 Å². The molecule has 1 aromatic heterocycles. The van der Waals surface area contributed by atoms with Gasteiger partial charge in [-0.3, -0.25) is 19.7 Å². The maximum atomic E-state index is 12.5. The molecule has 1 aromatic carbocycles. The Kier molecular flexibility index (Phi) is 4.51. The minimum absolute atomic E-state index is 0.0946. The Hall–Kier alpha value is -3.16. The third kappa shape index (κ3) is 3.68. The second kappa shape index (κ2) is 6.76. The Morgan fingerprint density at radius 1 is 1.44 bits per heavy atom. The third-order valence-corrected chi connectivity index (χ3v) is 4.20. The highest BCUT2D eigenvalue weighted by Crippen LogP contribution is 2.25. The first-order chi connectivity index (χ1) is 11.9. The topological polar surface area (TPSA) is 106 Å². The fourth-order valence-corrected chi connectivity index (χ4v) is 2.78. The Morgan fingerprint density at radius 2 is 2.24 bits per heavy atom. The van der Waals surface area contributed by atoms with Gasteiger partial charge in [-0.15, -0.1) is 0 Å². The van der Waals surface area contributed by atoms with E-state index in [9.17, 15) is 19.7 Å². The number of nitro benzene ring substituents is 1. The van der Waals surface area contributed by atoms with E-state index in [1.54, 1.807) is 30.0 Å². The number of non-ortho nitro benzene ring substituents is 1. The summed E-state index contributed by atoms with van der Waals surface area (Å²) in [4.78, 5) is 36.5. The molecule has 2 aromatic rings. The predicted octanol–water partition coefficient (Wildman–Crippen LogP) is 2.48. The first-order valence-corrected chi connectivity index (χ1v) is 7.80. The molecule has 25 heavy (non-hydrogen) atoms. The monoisotopic (exact) mass is 343 g/mol. The molecule has 0 aliphatic carbocycles. The molecule has 1 fully saturated rings. The maximum absolute atomic E-state index is 12.5. The lowest BCUT2D eigenvalue weighted by molar-refractivity contribution is -0.384. The molecule has 1 N–H and O–H groups in total. The van der Waals surface area contributed by atoms with Crippen molar-refractivity contribution < 1.29 is 18.9 Å². The van der Waals surface area contributed by atoms with Gasteiger partial charge in [0.15, 0.2) is 0 Å². The standard InChI is InChI=1S/C17H17N3O5/c1-11-4-5-13(20(23)24)8-15(11)18-17(22)12-7-16(21)19(9-12)10-14-3-2-6-25-14/h2-6,8,12H,7,9-10H2,1H3,(H,18,22). The smallest absolute Gasteiger partial charge is 0.271 e. The van der Waals surface area contributed by atoms with Gasteiger partial charge in [-0.25, -0.2) is 0 Å². The second-order valence-electron chi connectivity index (χ2n) is 6.00. The molecule has 0 bridgehead atoms. The number of carbonyl (C=O) groups excluding carboxylic acids is 2. The van der Waals surface area contributed by atoms with Crippen molar-refractivity contribution in [2.45, 2.75) is 19.9 Å². The molecule has 8 heteroatoms. The third-order valence-electron chi connectivity index (χ3n) is 4.20. The van der Waals surface area contributed by atoms with Crippen LogP contribution < -0.4 is 5.32 Å². The minimum Gasteiger partial charge on any atom is -0.467 e. The summed E-state index contributed by atoms with van der Waals surface area (Å²) in [5, 5.41) is 13.6. The van der Waals surface area contributed by atoms with E-state index < -0.39 is 10.8 Å². The average molecular weight is 343 g/mol. The van der Waals surface area contributed by atoms with Gasteiger partial charge in [-0.1, -0.05) is 6.07 Å². The molecule has 1 aliphatic heterocycles. The summed E-state index contributed by atoms with van der Waals surface area (Å²) in [6, 6.07) is 7.80. The van der Waals surface area contributed by atoms with E-state index in [0.29, 0.717) is 24.5 Å². The van der Waals surface area contributed by atoms with Crippen LogP contribution in [0.1, 0.15) is 17.7 Å². The predicted molar refractivity (Wildman–Crippen MR) is 88.7 cm³/mol. The van der Waals surface area contributed by atoms with Crippen molar-refractivity contribution in [2.75, 3.05) is 11.9 Å². The molecule has 2 heterocycles. The second-order valence-corrected chi connectivity index (χ2v) is 6.00. The van der Waals surface area contributed by atoms with Crippen LogP contribution in [0.25, 0.3) is 0 Å². The summed E-state index contributed by atoms with van der Waals surface area (Å²) in [6.45, 7) is 2.37. The number of rotatable bonds is 5. The highest BCUT2D eigenvalue weighted by molar-refractivity contribution is 5.97. The molecule has 1 aliphatic rings. The summed E-state index contributed by atoms with van der Waals surface area (Å²) in [5.41, 5.74) is 1.01. The van der Waals surface area contributed by atoms with Gasteiger partial charge in [-0.2, -0.15) is 0 Å². The quantitative estimate of drug-likeness (QED) is 0.663. The maximum Gasteiger partial charge on any atom is 0.271 e. The number of nitrogens with one attached hydrogen (secondary N) is 1. The molecule has 0 saturated carbocycles. The van der Waals surface area contributed by atoms with Crippen molar-refractivity contribution in [3.05, 3.63) is 58.0 Å². The van der Waals surface area contributed by atoms with Gasteiger partial charge in [0.1, 0.15) is 5.76 Å². The van der Waals surface area contributed by atoms with Crippen LogP contribution >= 0.6 is 0 Å². The molecule has 1 saturated heterocycles. The van der Waals surface area contributed by atoms with Crippen LogP contribution in [0.2, 0.25) is 0 Å². The first-order valence-electron chi connectivity index (χ1n) is 7.80. The number of anilines is 1. The molecule has 0 radical (unpaired) electrons. The molecule has 1 atom stereocenters. The molecule has 0 spiro atoms. The largest absolute Gasteiger partial charge is 0.467 e. The van der Waals surface area contributed by atoms with Gasteiger partial charge in [0.2, 0.25) is 11.8 Å². The molecular formula is C17H17N3O5. The van der Waals surface area contributed by atoms with E-state index in [1.807, 2.05) is 0 Å². The normalized spacial score (nSPS) is 16.9. The fraction of sp³-hybridized carbons (Fsp3) is 0.294. The van der Waals surface area contributed by atoms with E-state index in [0.717, 1.165) is 5.56 Å². The molecule has 8 nitrogen and oxygen atoms in total. The van der Waals surface area contributed by atoms with Gasteiger partial charge < -0.3 is 14.6 Å². The molecule has 3 rings (SSSR count). The van der Waals surface area contributed by atoms with Gasteiger partial charge in [0.05, 0.1) is 29.3 Å². The van der Waals surface area contributed by atoms with Crippen LogP contribution in [-0.4, -0.2) is 28.2 Å². The molecular weight excluding hydrogens is 326 g/mol. The van der Waals surface area contributed by atoms with Crippen LogP contribution in [0.5, 0.6) is 0 Å². The van der Waals surface area contributed by atoms with E-state index in [4.69, 9.17) is 4.42 Å². The first kappa shape index (κ1) is 16.7. The number of likely N-dealkylation sites (tertiary alicyclic amines) is 1. The fourth-order valence-electron chi connectivity index (χ4n) is 2.78. The Labute approximate surface area is 143 Å². The number of aryl methyl sites for hydroxylation is 1. The number of nitro groups is 1. The highest BCUT2D eigenvalue weighted by Gasteiger charge is 2.34. The van der Waals surface area contributed by atoms with Crippen molar-refractivity contribution >= 4 is 23.2 Å². The van der Waals surface area contributed by atoms with Crippen LogP contribution in [-0.2, 0) is 16.1 Å². The van der Waals surface area contributed by atoms with Crippen LogP contribution in [0.3, 0.4) is 0 Å². The zero-order chi connectivity index (χ0) is 18.0. The number of hydrogen-bond donors (Lipinski definition) is 1. The van der Waals surface area contributed by atoms with Crippen LogP contribution in [0.4, 0.5) is 11.4 Å². The van der Waals surface area contributed by atoms with Gasteiger partial charge in [-0.05, 0) is 24.6 Å². The summed E-state index contributed by atoms with van der Waals surface area (Å²) in [5.74, 6) is -0.281. The average Bonchev–Trinajstić information content (AvgIpc) is 3.20. The summed E-state index contributed by atoms with van der Waals surface area (Å²) in [7, 11) is 0. The number of hydrogen-bond acceptors (Lipinski definition) is 5. The SMILES string of the molecule is Cc1ccc([N+](=O)[O-])cc1NC(=O)C1CC(=O)N(Cc2ccco2)C1. The minimum atomic E-state index is -0.515. The Bertz CT molecular complexity index is 816. The van der Waals surface area contributed by atoms with Crippen molar-refractivity contribution in [1.29, 1.82) is 0 Å². The van der Waals surface area contributed by atoms with Gasteiger partial charge >= 0.3 is 0 Å². The van der Waals surface area contributed by atoms with Crippen LogP contribution in [0, 0.1) is 23.0 Å². The van der Waals surface area contributed by atoms with Gasteiger partial charge in [0.25, 0.3) is 5.69 Å². The zero-order valence-corrected chi connectivity index (χ0v) is 13.6. The van der Waals surface area contributed by atoms with E-state index in [2.05, 4.69) is 5.32 Å². The summed E-state index contributed by atoms with van der Waals surface area (Å²) in [6.07, 6.45) is 1.64. The number of furan rings is 1. The number of amides is 2. The van der Waals surface area contributed by atoms with E-state index >= 15 is 0 Å². The number of carbonyl (C=O) groups is 2. The number of benzene rings is 1. The number of nitrogens with zero attached hydrogens (tertiary/aromatic N) is 2. The van der Waals surface area contributed by atoms with Crippen molar-refractivity contribution in [3.8, 4) is 0 Å². The zero-order valence-electron chi connectivity index (χ0n) is 13.6. The van der Waals surface area contributed by atoms with Crippen molar-refractivity contribution in [3.63, 3.8) is 0 Å². The summed E-state index contributed by atoms with van der Waals surface area (Å²) >= 11 is 0. The molecule has 2 amide bonds. The lowest BCUT2D eigenvalue weighted by Crippen LogP contribution is -2.28. The van der Waals surface area contributed by atoms with Gasteiger partial charge in [0, 0.05) is 25.1 Å². The van der Waals surface area contributed by atoms with E-state index in [-0.39, 0.29) is 23.9 Å². The summed E-state index contributed by atoms with van der Waals surface area (Å²) < 4.78 is 5.23. The molecule has 130 valence electrons. The molecule has 1 unspecified atom stereocenters.